The summed E-state index contributed by atoms with van der Waals surface area (Å²) in [4.78, 5) is 0. The van der Waals surface area contributed by atoms with Crippen molar-refractivity contribution in [2.75, 3.05) is 0 Å². The third kappa shape index (κ3) is 2.65. The van der Waals surface area contributed by atoms with Crippen molar-refractivity contribution in [1.29, 1.82) is 0 Å². The van der Waals surface area contributed by atoms with Crippen molar-refractivity contribution in [1.82, 2.24) is 0 Å². The lowest BCUT2D eigenvalue weighted by Gasteiger charge is -2.11. The Labute approximate surface area is 108 Å². The Balaban J connectivity index is 2.34. The second kappa shape index (κ2) is 4.73. The van der Waals surface area contributed by atoms with E-state index in [1.165, 1.54) is 11.1 Å². The largest absolute Gasteiger partial charge is 0.507 e. The quantitative estimate of drug-likeness (QED) is 0.844. The summed E-state index contributed by atoms with van der Waals surface area (Å²) < 4.78 is 5.85. The van der Waals surface area contributed by atoms with Gasteiger partial charge in [0.1, 0.15) is 17.2 Å². The first kappa shape index (κ1) is 12.5. The van der Waals surface area contributed by atoms with E-state index >= 15 is 0 Å². The molecular weight excluding hydrogens is 224 g/mol. The molecule has 0 atom stereocenters. The first-order valence-electron chi connectivity index (χ1n) is 6.02. The minimum atomic E-state index is 0.336. The van der Waals surface area contributed by atoms with Crippen LogP contribution in [0, 0.1) is 27.7 Å². The van der Waals surface area contributed by atoms with E-state index in [1.54, 1.807) is 0 Å². The van der Waals surface area contributed by atoms with Gasteiger partial charge in [0.15, 0.2) is 0 Å². The zero-order chi connectivity index (χ0) is 13.3. The summed E-state index contributed by atoms with van der Waals surface area (Å²) in [6, 6.07) is 9.81. The van der Waals surface area contributed by atoms with Gasteiger partial charge in [0.25, 0.3) is 0 Å². The van der Waals surface area contributed by atoms with Gasteiger partial charge in [-0.1, -0.05) is 6.07 Å². The van der Waals surface area contributed by atoms with Crippen LogP contribution in [0.5, 0.6) is 17.2 Å². The van der Waals surface area contributed by atoms with Crippen LogP contribution in [0.2, 0.25) is 0 Å². The first-order chi connectivity index (χ1) is 8.45. The van der Waals surface area contributed by atoms with Gasteiger partial charge in [0.2, 0.25) is 0 Å². The van der Waals surface area contributed by atoms with E-state index in [4.69, 9.17) is 4.74 Å². The Morgan fingerprint density at radius 1 is 0.722 bits per heavy atom. The summed E-state index contributed by atoms with van der Waals surface area (Å²) in [6.45, 7) is 7.84. The third-order valence-corrected chi connectivity index (χ3v) is 2.90. The number of phenols is 1. The highest BCUT2D eigenvalue weighted by Crippen LogP contribution is 2.30. The minimum absolute atomic E-state index is 0.336. The number of ether oxygens (including phenoxy) is 1. The lowest BCUT2D eigenvalue weighted by atomic mass is 10.1. The lowest BCUT2D eigenvalue weighted by Crippen LogP contribution is -1.89. The van der Waals surface area contributed by atoms with E-state index in [-0.39, 0.29) is 0 Å². The van der Waals surface area contributed by atoms with Gasteiger partial charge in [0.05, 0.1) is 0 Å². The summed E-state index contributed by atoms with van der Waals surface area (Å²) in [5.41, 5.74) is 4.01. The van der Waals surface area contributed by atoms with Gasteiger partial charge < -0.3 is 9.84 Å². The standard InChI is InChI=1S/C16H18O2/c1-10-5-11(2)7-14(6-10)18-15-8-12(3)16(17)13(4)9-15/h5-9,17H,1-4H3. The van der Waals surface area contributed by atoms with Crippen molar-refractivity contribution in [3.05, 3.63) is 52.6 Å². The minimum Gasteiger partial charge on any atom is -0.507 e. The molecule has 0 saturated heterocycles. The summed E-state index contributed by atoms with van der Waals surface area (Å²) in [5.74, 6) is 1.92. The van der Waals surface area contributed by atoms with Crippen LogP contribution in [-0.2, 0) is 0 Å². The smallest absolute Gasteiger partial charge is 0.128 e. The van der Waals surface area contributed by atoms with Gasteiger partial charge in [-0.2, -0.15) is 0 Å². The molecule has 0 bridgehead atoms. The highest BCUT2D eigenvalue weighted by molar-refractivity contribution is 5.46. The van der Waals surface area contributed by atoms with E-state index in [2.05, 4.69) is 6.07 Å². The SMILES string of the molecule is Cc1cc(C)cc(Oc2cc(C)c(O)c(C)c2)c1. The second-order valence-electron chi connectivity index (χ2n) is 4.83. The predicted octanol–water partition coefficient (Wildman–Crippen LogP) is 4.42. The van der Waals surface area contributed by atoms with E-state index in [9.17, 15) is 5.11 Å². The Morgan fingerprint density at radius 2 is 1.17 bits per heavy atom. The normalized spacial score (nSPS) is 10.4. The van der Waals surface area contributed by atoms with Gasteiger partial charge >= 0.3 is 0 Å². The van der Waals surface area contributed by atoms with Crippen LogP contribution in [0.15, 0.2) is 30.3 Å². The van der Waals surface area contributed by atoms with Gasteiger partial charge in [-0.05, 0) is 74.2 Å². The summed E-state index contributed by atoms with van der Waals surface area (Å²) in [6.07, 6.45) is 0. The maximum atomic E-state index is 9.73. The maximum Gasteiger partial charge on any atom is 0.128 e. The van der Waals surface area contributed by atoms with Gasteiger partial charge in [-0.3, -0.25) is 0 Å². The average molecular weight is 242 g/mol. The highest BCUT2D eigenvalue weighted by atomic mass is 16.5. The second-order valence-corrected chi connectivity index (χ2v) is 4.83. The maximum absolute atomic E-state index is 9.73. The highest BCUT2D eigenvalue weighted by Gasteiger charge is 2.05. The van der Waals surface area contributed by atoms with Crippen molar-refractivity contribution < 1.29 is 9.84 Å². The molecular formula is C16H18O2. The molecule has 94 valence electrons. The lowest BCUT2D eigenvalue weighted by molar-refractivity contribution is 0.456. The molecule has 0 radical (unpaired) electrons. The van der Waals surface area contributed by atoms with E-state index in [0.717, 1.165) is 22.6 Å². The van der Waals surface area contributed by atoms with Gasteiger partial charge in [-0.25, -0.2) is 0 Å². The number of phenolic OH excluding ortho intramolecular Hbond substituents is 1. The molecule has 0 amide bonds. The molecule has 0 heterocycles. The predicted molar refractivity (Wildman–Crippen MR) is 73.6 cm³/mol. The van der Waals surface area contributed by atoms with Crippen LogP contribution in [0.3, 0.4) is 0 Å². The van der Waals surface area contributed by atoms with Crippen LogP contribution in [-0.4, -0.2) is 5.11 Å². The molecule has 2 aromatic carbocycles. The molecule has 0 spiro atoms. The van der Waals surface area contributed by atoms with Gasteiger partial charge in [0, 0.05) is 0 Å². The Kier molecular flexibility index (Phi) is 3.28. The van der Waals surface area contributed by atoms with Crippen LogP contribution >= 0.6 is 0 Å². The number of hydrogen-bond donors (Lipinski definition) is 1. The van der Waals surface area contributed by atoms with Gasteiger partial charge in [-0.15, -0.1) is 0 Å². The monoisotopic (exact) mass is 242 g/mol. The van der Waals surface area contributed by atoms with Crippen LogP contribution in [0.4, 0.5) is 0 Å². The summed E-state index contributed by atoms with van der Waals surface area (Å²) >= 11 is 0. The van der Waals surface area contributed by atoms with E-state index < -0.39 is 0 Å². The number of aryl methyl sites for hydroxylation is 4. The zero-order valence-electron chi connectivity index (χ0n) is 11.2. The zero-order valence-corrected chi connectivity index (χ0v) is 11.2. The fraction of sp³-hybridized carbons (Fsp3) is 0.250. The molecule has 18 heavy (non-hydrogen) atoms. The van der Waals surface area contributed by atoms with Crippen molar-refractivity contribution in [3.8, 4) is 17.2 Å². The molecule has 2 heteroatoms. The molecule has 0 saturated carbocycles. The molecule has 0 aromatic heterocycles. The molecule has 0 unspecified atom stereocenters. The number of rotatable bonds is 2. The van der Waals surface area contributed by atoms with Crippen LogP contribution in [0.25, 0.3) is 0 Å². The van der Waals surface area contributed by atoms with Crippen molar-refractivity contribution in [2.45, 2.75) is 27.7 Å². The number of aromatic hydroxyl groups is 1. The molecule has 0 fully saturated rings. The Morgan fingerprint density at radius 3 is 1.67 bits per heavy atom. The number of hydrogen-bond acceptors (Lipinski definition) is 2. The molecule has 0 aliphatic rings. The fourth-order valence-corrected chi connectivity index (χ4v) is 2.10. The Hall–Kier alpha value is -1.96. The van der Waals surface area contributed by atoms with Crippen molar-refractivity contribution >= 4 is 0 Å². The topological polar surface area (TPSA) is 29.5 Å². The van der Waals surface area contributed by atoms with Crippen LogP contribution in [0.1, 0.15) is 22.3 Å². The molecule has 1 N–H and O–H groups in total. The molecule has 2 rings (SSSR count). The molecule has 2 aromatic rings. The number of benzene rings is 2. The fourth-order valence-electron chi connectivity index (χ4n) is 2.10. The van der Waals surface area contributed by atoms with E-state index in [0.29, 0.717) is 5.75 Å². The molecule has 2 nitrogen and oxygen atoms in total. The van der Waals surface area contributed by atoms with E-state index in [1.807, 2.05) is 52.0 Å². The average Bonchev–Trinajstić information content (AvgIpc) is 2.24. The van der Waals surface area contributed by atoms with Crippen molar-refractivity contribution in [3.63, 3.8) is 0 Å². The molecule has 0 aliphatic heterocycles. The van der Waals surface area contributed by atoms with Crippen molar-refractivity contribution in [2.24, 2.45) is 0 Å². The summed E-state index contributed by atoms with van der Waals surface area (Å²) in [5, 5.41) is 9.73. The molecule has 0 aliphatic carbocycles. The first-order valence-corrected chi connectivity index (χ1v) is 6.02. The Bertz CT molecular complexity index is 542. The third-order valence-electron chi connectivity index (χ3n) is 2.90. The van der Waals surface area contributed by atoms with Crippen LogP contribution < -0.4 is 4.74 Å². The summed E-state index contributed by atoms with van der Waals surface area (Å²) in [7, 11) is 0.